The van der Waals surface area contributed by atoms with Gasteiger partial charge in [-0.05, 0) is 26.0 Å². The van der Waals surface area contributed by atoms with Crippen molar-refractivity contribution in [3.63, 3.8) is 0 Å². The summed E-state index contributed by atoms with van der Waals surface area (Å²) in [6.07, 6.45) is 0. The number of nitrogen functional groups attached to an aromatic ring is 1. The summed E-state index contributed by atoms with van der Waals surface area (Å²) in [5.41, 5.74) is 8.71. The molecule has 4 rings (SSSR count). The van der Waals surface area contributed by atoms with Crippen molar-refractivity contribution < 1.29 is 17.4 Å². The summed E-state index contributed by atoms with van der Waals surface area (Å²) < 4.78 is 34.3. The first-order valence-corrected chi connectivity index (χ1v) is 11.1. The Labute approximate surface area is 166 Å². The van der Waals surface area contributed by atoms with Crippen molar-refractivity contribution in [2.75, 3.05) is 5.73 Å². The molecule has 0 aliphatic rings. The van der Waals surface area contributed by atoms with Crippen LogP contribution in [0.5, 0.6) is 0 Å². The first-order chi connectivity index (χ1) is 12.8. The Morgan fingerprint density at radius 2 is 1.48 bits per heavy atom. The summed E-state index contributed by atoms with van der Waals surface area (Å²) in [5.74, 6) is 0.859. The lowest BCUT2D eigenvalue weighted by Gasteiger charge is -2.04. The van der Waals surface area contributed by atoms with Gasteiger partial charge >= 0.3 is 0 Å². The summed E-state index contributed by atoms with van der Waals surface area (Å²) in [6.45, 7) is 4.26. The van der Waals surface area contributed by atoms with E-state index in [-0.39, 0.29) is 4.90 Å². The Morgan fingerprint density at radius 1 is 0.926 bits per heavy atom. The fourth-order valence-corrected chi connectivity index (χ4v) is 5.58. The average molecular weight is 419 g/mol. The van der Waals surface area contributed by atoms with Gasteiger partial charge < -0.3 is 4.55 Å². The van der Waals surface area contributed by atoms with Gasteiger partial charge in [0.2, 0.25) is 4.14 Å². The van der Waals surface area contributed by atoms with E-state index in [1.807, 2.05) is 29.5 Å². The SMILES string of the molecule is Cc1sc2sc(-c3ccccc3)c(N)[n+]2c1C.O=S(=O)([O-])c1ccccc1. The molecule has 0 fully saturated rings. The van der Waals surface area contributed by atoms with E-state index in [9.17, 15) is 13.0 Å². The zero-order chi connectivity index (χ0) is 19.6. The zero-order valence-electron chi connectivity index (χ0n) is 14.7. The Morgan fingerprint density at radius 3 is 1.96 bits per heavy atom. The van der Waals surface area contributed by atoms with Crippen LogP contribution in [0.4, 0.5) is 5.82 Å². The van der Waals surface area contributed by atoms with E-state index in [1.165, 1.54) is 49.4 Å². The Hall–Kier alpha value is -2.26. The van der Waals surface area contributed by atoms with E-state index in [0.717, 1.165) is 5.82 Å². The third kappa shape index (κ3) is 4.19. The first-order valence-electron chi connectivity index (χ1n) is 8.05. The zero-order valence-corrected chi connectivity index (χ0v) is 17.2. The number of benzene rings is 2. The minimum Gasteiger partial charge on any atom is -0.744 e. The molecule has 2 heterocycles. The second-order valence-electron chi connectivity index (χ2n) is 5.79. The highest BCUT2D eigenvalue weighted by Gasteiger charge is 2.22. The largest absolute Gasteiger partial charge is 0.744 e. The van der Waals surface area contributed by atoms with Crippen molar-refractivity contribution in [1.82, 2.24) is 0 Å². The molecule has 0 saturated heterocycles. The van der Waals surface area contributed by atoms with Gasteiger partial charge in [-0.3, -0.25) is 5.73 Å². The van der Waals surface area contributed by atoms with Gasteiger partial charge in [-0.2, -0.15) is 4.40 Å². The number of aromatic nitrogens is 1. The summed E-state index contributed by atoms with van der Waals surface area (Å²) in [4.78, 5) is 2.32. The van der Waals surface area contributed by atoms with E-state index in [4.69, 9.17) is 5.73 Å². The molecular weight excluding hydrogens is 400 g/mol. The van der Waals surface area contributed by atoms with Gasteiger partial charge in [0.1, 0.15) is 20.7 Å². The number of aryl methyl sites for hydroxylation is 2. The quantitative estimate of drug-likeness (QED) is 0.394. The smallest absolute Gasteiger partial charge is 0.297 e. The fraction of sp³-hybridized carbons (Fsp3) is 0.105. The van der Waals surface area contributed by atoms with Crippen LogP contribution in [-0.2, 0) is 10.1 Å². The number of hydrogen-bond donors (Lipinski definition) is 1. The molecule has 0 aliphatic heterocycles. The molecule has 0 bridgehead atoms. The van der Waals surface area contributed by atoms with Crippen LogP contribution in [0.2, 0.25) is 0 Å². The van der Waals surface area contributed by atoms with Gasteiger partial charge in [0.15, 0.2) is 0 Å². The molecule has 2 aromatic heterocycles. The van der Waals surface area contributed by atoms with Crippen molar-refractivity contribution >= 4 is 42.8 Å². The van der Waals surface area contributed by atoms with Crippen LogP contribution in [0.3, 0.4) is 0 Å². The normalized spacial score (nSPS) is 11.2. The van der Waals surface area contributed by atoms with E-state index in [0.29, 0.717) is 0 Å². The molecule has 0 spiro atoms. The molecule has 5 nitrogen and oxygen atoms in total. The minimum atomic E-state index is -4.25. The highest BCUT2D eigenvalue weighted by atomic mass is 32.2. The summed E-state index contributed by atoms with van der Waals surface area (Å²) >= 11 is 3.58. The predicted molar refractivity (Wildman–Crippen MR) is 109 cm³/mol. The van der Waals surface area contributed by atoms with Crippen LogP contribution in [0, 0.1) is 13.8 Å². The van der Waals surface area contributed by atoms with Crippen LogP contribution in [-0.4, -0.2) is 13.0 Å². The molecule has 0 unspecified atom stereocenters. The highest BCUT2D eigenvalue weighted by Crippen LogP contribution is 2.35. The van der Waals surface area contributed by atoms with Crippen LogP contribution in [0.25, 0.3) is 14.6 Å². The minimum absolute atomic E-state index is 0.185. The lowest BCUT2D eigenvalue weighted by atomic mass is 10.2. The average Bonchev–Trinajstić information content (AvgIpc) is 3.12. The summed E-state index contributed by atoms with van der Waals surface area (Å²) in [6, 6.07) is 17.5. The number of anilines is 1. The van der Waals surface area contributed by atoms with Gasteiger partial charge in [0.05, 0.1) is 4.90 Å². The molecule has 0 amide bonds. The molecule has 4 aromatic rings. The third-order valence-corrected chi connectivity index (χ3v) is 7.31. The Kier molecular flexibility index (Phi) is 5.61. The third-order valence-electron chi connectivity index (χ3n) is 4.00. The molecule has 0 saturated carbocycles. The van der Waals surface area contributed by atoms with Crippen LogP contribution < -0.4 is 10.1 Å². The lowest BCUT2D eigenvalue weighted by molar-refractivity contribution is -0.494. The molecule has 8 heteroatoms. The molecule has 2 aromatic carbocycles. The standard InChI is InChI=1S/C13H13N2S2.C6H6O3S/c1-8-9(2)16-13-15(8)12(14)11(17-13)10-6-4-3-5-7-10;7-10(8,9)6-4-2-1-3-5-6/h3-7H,14H2,1-2H3;1-5H,(H,7,8,9)/q+1;/p-1. The maximum atomic E-state index is 10.3. The maximum absolute atomic E-state index is 10.3. The van der Waals surface area contributed by atoms with Crippen LogP contribution in [0.1, 0.15) is 10.6 Å². The van der Waals surface area contributed by atoms with E-state index >= 15 is 0 Å². The highest BCUT2D eigenvalue weighted by molar-refractivity contribution is 7.85. The fourth-order valence-electron chi connectivity index (χ4n) is 2.51. The van der Waals surface area contributed by atoms with Crippen molar-refractivity contribution in [3.8, 4) is 10.4 Å². The van der Waals surface area contributed by atoms with Gasteiger partial charge in [-0.1, -0.05) is 71.2 Å². The number of hydrogen-bond acceptors (Lipinski definition) is 6. The topological polar surface area (TPSA) is 87.3 Å². The summed E-state index contributed by atoms with van der Waals surface area (Å²) in [7, 11) is -4.25. The van der Waals surface area contributed by atoms with Crippen molar-refractivity contribution in [2.45, 2.75) is 18.7 Å². The van der Waals surface area contributed by atoms with E-state index in [2.05, 4.69) is 30.4 Å². The lowest BCUT2D eigenvalue weighted by Crippen LogP contribution is -2.24. The van der Waals surface area contributed by atoms with E-state index in [1.54, 1.807) is 17.4 Å². The second-order valence-corrected chi connectivity index (χ2v) is 9.63. The number of rotatable bonds is 2. The summed E-state index contributed by atoms with van der Waals surface area (Å²) in [5, 5.41) is 0. The Bertz CT molecular complexity index is 1170. The monoisotopic (exact) mass is 418 g/mol. The Balaban J connectivity index is 0.000000180. The van der Waals surface area contributed by atoms with Crippen molar-refractivity contribution in [1.29, 1.82) is 0 Å². The van der Waals surface area contributed by atoms with Crippen LogP contribution in [0.15, 0.2) is 65.6 Å². The number of thiazole rings is 2. The van der Waals surface area contributed by atoms with Crippen molar-refractivity contribution in [3.05, 3.63) is 71.2 Å². The van der Waals surface area contributed by atoms with Gasteiger partial charge in [0.25, 0.3) is 5.82 Å². The molecule has 27 heavy (non-hydrogen) atoms. The van der Waals surface area contributed by atoms with Crippen LogP contribution >= 0.6 is 22.7 Å². The van der Waals surface area contributed by atoms with Crippen molar-refractivity contribution in [2.24, 2.45) is 0 Å². The maximum Gasteiger partial charge on any atom is 0.297 e. The molecule has 0 atom stereocenters. The number of nitrogens with two attached hydrogens (primary N) is 1. The molecule has 0 aliphatic carbocycles. The molecule has 2 N–H and O–H groups in total. The predicted octanol–water partition coefficient (Wildman–Crippen LogP) is 4.01. The second kappa shape index (κ2) is 7.77. The molecular formula is C19H18N2O3S3. The van der Waals surface area contributed by atoms with Gasteiger partial charge in [-0.15, -0.1) is 0 Å². The number of nitrogens with zero attached hydrogens (tertiary/aromatic N) is 1. The number of fused-ring (bicyclic) bond motifs is 1. The van der Waals surface area contributed by atoms with E-state index < -0.39 is 10.1 Å². The van der Waals surface area contributed by atoms with Gasteiger partial charge in [-0.25, -0.2) is 8.42 Å². The molecule has 0 radical (unpaired) electrons. The van der Waals surface area contributed by atoms with Gasteiger partial charge in [0, 0.05) is 10.4 Å². The first kappa shape index (κ1) is 19.5. The molecule has 140 valence electrons.